The molecule has 2 N–H and O–H groups in total. The van der Waals surface area contributed by atoms with Gasteiger partial charge >= 0.3 is 11.7 Å². The maximum atomic E-state index is 13.6. The van der Waals surface area contributed by atoms with Gasteiger partial charge < -0.3 is 9.88 Å². The van der Waals surface area contributed by atoms with E-state index in [-0.39, 0.29) is 23.6 Å². The second-order valence-corrected chi connectivity index (χ2v) is 8.76. The number of imidazole rings is 1. The summed E-state index contributed by atoms with van der Waals surface area (Å²) < 4.78 is 2.99. The molecule has 1 aromatic carbocycles. The molecule has 172 valence electrons. The zero-order valence-corrected chi connectivity index (χ0v) is 18.7. The van der Waals surface area contributed by atoms with Gasteiger partial charge in [0.1, 0.15) is 11.4 Å². The first kappa shape index (κ1) is 21.2. The molecule has 1 aliphatic heterocycles. The summed E-state index contributed by atoms with van der Waals surface area (Å²) in [7, 11) is 1.65. The number of fused-ring (bicyclic) bond motifs is 3. The van der Waals surface area contributed by atoms with E-state index in [9.17, 15) is 19.2 Å². The summed E-state index contributed by atoms with van der Waals surface area (Å²) in [5, 5.41) is 2.94. The molecule has 1 saturated heterocycles. The van der Waals surface area contributed by atoms with Gasteiger partial charge in [0.05, 0.1) is 6.54 Å². The number of carbonyl (C=O) groups is 2. The maximum absolute atomic E-state index is 13.6. The number of hydrogen-bond donors (Lipinski definition) is 2. The van der Waals surface area contributed by atoms with Gasteiger partial charge in [-0.3, -0.25) is 24.0 Å². The average Bonchev–Trinajstić information content (AvgIpc) is 3.24. The van der Waals surface area contributed by atoms with E-state index >= 15 is 0 Å². The minimum absolute atomic E-state index is 0.0961. The molecule has 0 radical (unpaired) electrons. The number of rotatable bonds is 5. The standard InChI is InChI=1S/C23H26N6O4/c1-3-4-12-28-18-17(19(30)25-21(28)32)27(2)16(24-18)13-29-20(31)23(26-22(29)33)11-7-9-14-8-5-6-10-15(14)23/h5-6,8,10H,3-4,7,9,11-13H2,1-2H3,(H,26,33)(H,25,30,32). The Hall–Kier alpha value is -3.69. The first-order chi connectivity index (χ1) is 15.9. The fourth-order valence-corrected chi connectivity index (χ4v) is 5.05. The van der Waals surface area contributed by atoms with Crippen LogP contribution < -0.4 is 16.6 Å². The monoisotopic (exact) mass is 450 g/mol. The van der Waals surface area contributed by atoms with E-state index in [1.807, 2.05) is 31.2 Å². The van der Waals surface area contributed by atoms with E-state index in [0.29, 0.717) is 18.8 Å². The van der Waals surface area contributed by atoms with Gasteiger partial charge in [0, 0.05) is 13.6 Å². The lowest BCUT2D eigenvalue weighted by Crippen LogP contribution is -2.46. The minimum Gasteiger partial charge on any atom is -0.324 e. The Kier molecular flexibility index (Phi) is 4.95. The van der Waals surface area contributed by atoms with Crippen LogP contribution in [0, 0.1) is 0 Å². The molecular weight excluding hydrogens is 424 g/mol. The van der Waals surface area contributed by atoms with Crippen LogP contribution in [-0.2, 0) is 36.9 Å². The minimum atomic E-state index is -1.07. The number of benzene rings is 1. The fourth-order valence-electron chi connectivity index (χ4n) is 5.05. The zero-order valence-electron chi connectivity index (χ0n) is 18.7. The van der Waals surface area contributed by atoms with Crippen LogP contribution >= 0.6 is 0 Å². The van der Waals surface area contributed by atoms with Crippen molar-refractivity contribution in [2.75, 3.05) is 0 Å². The molecule has 0 bridgehead atoms. The third kappa shape index (κ3) is 3.12. The maximum Gasteiger partial charge on any atom is 0.330 e. The van der Waals surface area contributed by atoms with E-state index in [1.54, 1.807) is 11.6 Å². The van der Waals surface area contributed by atoms with Crippen molar-refractivity contribution in [3.8, 4) is 0 Å². The summed E-state index contributed by atoms with van der Waals surface area (Å²) in [6.45, 7) is 2.33. The molecular formula is C23H26N6O4. The summed E-state index contributed by atoms with van der Waals surface area (Å²) in [6.07, 6.45) is 3.82. The van der Waals surface area contributed by atoms with Gasteiger partial charge in [-0.15, -0.1) is 0 Å². The lowest BCUT2D eigenvalue weighted by atomic mass is 9.76. The molecule has 1 unspecified atom stereocenters. The van der Waals surface area contributed by atoms with Gasteiger partial charge in [0.2, 0.25) is 0 Å². The number of H-pyrrole nitrogens is 1. The van der Waals surface area contributed by atoms with Crippen LogP contribution in [0.15, 0.2) is 33.9 Å². The lowest BCUT2D eigenvalue weighted by Gasteiger charge is -2.33. The molecule has 2 aliphatic rings. The smallest absolute Gasteiger partial charge is 0.324 e. The van der Waals surface area contributed by atoms with Crippen molar-refractivity contribution in [3.05, 3.63) is 62.1 Å². The Bertz CT molecular complexity index is 1400. The number of aromatic nitrogens is 4. The first-order valence-electron chi connectivity index (χ1n) is 11.3. The molecule has 5 rings (SSSR count). The van der Waals surface area contributed by atoms with Gasteiger partial charge in [-0.05, 0) is 36.8 Å². The SMILES string of the molecule is CCCCn1c(=O)[nH]c(=O)c2c1nc(CN1C(=O)NC3(CCCc4ccccc43)C1=O)n2C. The van der Waals surface area contributed by atoms with E-state index in [4.69, 9.17) is 0 Å². The predicted molar refractivity (Wildman–Crippen MR) is 121 cm³/mol. The Morgan fingerprint density at radius 2 is 1.94 bits per heavy atom. The molecule has 3 heterocycles. The number of aromatic amines is 1. The topological polar surface area (TPSA) is 122 Å². The first-order valence-corrected chi connectivity index (χ1v) is 11.3. The van der Waals surface area contributed by atoms with Crippen molar-refractivity contribution in [2.45, 2.75) is 57.7 Å². The van der Waals surface area contributed by atoms with Crippen molar-refractivity contribution >= 4 is 23.1 Å². The van der Waals surface area contributed by atoms with E-state index in [0.717, 1.165) is 41.7 Å². The third-order valence-corrected chi connectivity index (χ3v) is 6.79. The molecule has 1 aliphatic carbocycles. The van der Waals surface area contributed by atoms with E-state index in [2.05, 4.69) is 15.3 Å². The van der Waals surface area contributed by atoms with Crippen LogP contribution in [-0.4, -0.2) is 35.9 Å². The average molecular weight is 450 g/mol. The normalized spacial score (nSPS) is 20.0. The lowest BCUT2D eigenvalue weighted by molar-refractivity contribution is -0.132. The molecule has 10 heteroatoms. The fraction of sp³-hybridized carbons (Fsp3) is 0.435. The quantitative estimate of drug-likeness (QED) is 0.571. The van der Waals surface area contributed by atoms with Crippen LogP contribution in [0.3, 0.4) is 0 Å². The molecule has 33 heavy (non-hydrogen) atoms. The summed E-state index contributed by atoms with van der Waals surface area (Å²) in [6, 6.07) is 7.22. The molecule has 3 amide bonds. The third-order valence-electron chi connectivity index (χ3n) is 6.79. The number of aryl methyl sites for hydroxylation is 3. The van der Waals surface area contributed by atoms with Gasteiger partial charge in [0.15, 0.2) is 11.2 Å². The highest BCUT2D eigenvalue weighted by molar-refractivity contribution is 6.07. The van der Waals surface area contributed by atoms with Crippen molar-refractivity contribution < 1.29 is 9.59 Å². The summed E-state index contributed by atoms with van der Waals surface area (Å²) in [4.78, 5) is 59.5. The number of hydrogen-bond acceptors (Lipinski definition) is 5. The molecule has 2 aromatic heterocycles. The summed E-state index contributed by atoms with van der Waals surface area (Å²) in [5.41, 5.74) is 0.277. The number of nitrogens with one attached hydrogen (secondary N) is 2. The van der Waals surface area contributed by atoms with Gasteiger partial charge in [-0.25, -0.2) is 14.6 Å². The number of carbonyl (C=O) groups excluding carboxylic acids is 2. The molecule has 1 fully saturated rings. The Morgan fingerprint density at radius 3 is 2.73 bits per heavy atom. The summed E-state index contributed by atoms with van der Waals surface area (Å²) in [5.74, 6) is 0.0417. The van der Waals surface area contributed by atoms with Crippen LogP contribution in [0.25, 0.3) is 11.2 Å². The predicted octanol–water partition coefficient (Wildman–Crippen LogP) is 1.51. The highest BCUT2D eigenvalue weighted by Gasteiger charge is 2.54. The molecule has 0 saturated carbocycles. The highest BCUT2D eigenvalue weighted by atomic mass is 16.2. The van der Waals surface area contributed by atoms with Crippen LogP contribution in [0.4, 0.5) is 4.79 Å². The Balaban J connectivity index is 1.55. The number of nitrogens with zero attached hydrogens (tertiary/aromatic N) is 4. The van der Waals surface area contributed by atoms with Crippen molar-refractivity contribution in [2.24, 2.45) is 7.05 Å². The van der Waals surface area contributed by atoms with Gasteiger partial charge in [-0.2, -0.15) is 0 Å². The van der Waals surface area contributed by atoms with Gasteiger partial charge in [0.25, 0.3) is 11.5 Å². The number of imide groups is 1. The second-order valence-electron chi connectivity index (χ2n) is 8.76. The Labute approximate surface area is 189 Å². The molecule has 1 atom stereocenters. The Morgan fingerprint density at radius 1 is 1.15 bits per heavy atom. The van der Waals surface area contributed by atoms with E-state index < -0.39 is 22.8 Å². The number of amides is 3. The molecule has 10 nitrogen and oxygen atoms in total. The molecule has 1 spiro atoms. The largest absolute Gasteiger partial charge is 0.330 e. The van der Waals surface area contributed by atoms with Crippen LogP contribution in [0.5, 0.6) is 0 Å². The van der Waals surface area contributed by atoms with E-state index in [1.165, 1.54) is 4.57 Å². The summed E-state index contributed by atoms with van der Waals surface area (Å²) >= 11 is 0. The van der Waals surface area contributed by atoms with Crippen molar-refractivity contribution in [3.63, 3.8) is 0 Å². The van der Waals surface area contributed by atoms with Crippen LogP contribution in [0.1, 0.15) is 49.6 Å². The molecule has 3 aromatic rings. The van der Waals surface area contributed by atoms with Gasteiger partial charge in [-0.1, -0.05) is 37.6 Å². The highest BCUT2D eigenvalue weighted by Crippen LogP contribution is 2.40. The zero-order chi connectivity index (χ0) is 23.3. The second kappa shape index (κ2) is 7.72. The van der Waals surface area contributed by atoms with Crippen molar-refractivity contribution in [1.29, 1.82) is 0 Å². The number of unbranched alkanes of at least 4 members (excludes halogenated alkanes) is 1. The number of urea groups is 1. The van der Waals surface area contributed by atoms with Crippen LogP contribution in [0.2, 0.25) is 0 Å². The van der Waals surface area contributed by atoms with Crippen molar-refractivity contribution in [1.82, 2.24) is 29.3 Å².